The number of nitrogens with one attached hydrogen (secondary N) is 1. The van der Waals surface area contributed by atoms with Gasteiger partial charge in [0.15, 0.2) is 5.60 Å². The van der Waals surface area contributed by atoms with E-state index in [-0.39, 0.29) is 6.42 Å². The summed E-state index contributed by atoms with van der Waals surface area (Å²) in [5.41, 5.74) is 11.6. The Kier molecular flexibility index (Phi) is 10.4. The number of fused-ring (bicyclic) bond motifs is 1. The molecule has 0 saturated heterocycles. The second kappa shape index (κ2) is 11.9. The van der Waals surface area contributed by atoms with Crippen LogP contribution in [-0.4, -0.2) is 43.9 Å². The third kappa shape index (κ3) is 6.98. The number of nitrogens with two attached hydrogens (primary N) is 1. The molecule has 0 saturated carbocycles. The molecule has 1 aromatic heterocycles. The van der Waals surface area contributed by atoms with Gasteiger partial charge in [0, 0.05) is 29.9 Å². The highest BCUT2D eigenvalue weighted by molar-refractivity contribution is 5.85. The van der Waals surface area contributed by atoms with Gasteiger partial charge in [0.05, 0.1) is 0 Å². The zero-order valence-corrected chi connectivity index (χ0v) is 15.4. The summed E-state index contributed by atoms with van der Waals surface area (Å²) in [6.45, 7) is 12.4. The normalized spacial score (nSPS) is 12.4. The largest absolute Gasteiger partial charge is 0.480 e. The summed E-state index contributed by atoms with van der Waals surface area (Å²) in [6, 6.07) is 5.79. The zero-order valence-electron chi connectivity index (χ0n) is 15.4. The minimum absolute atomic E-state index is 0.229. The summed E-state index contributed by atoms with van der Waals surface area (Å²) in [7, 11) is 0. The molecule has 7 nitrogen and oxygen atoms in total. The number of hydrogen-bond donors (Lipinski definition) is 5. The highest BCUT2D eigenvalue weighted by atomic mass is 16.4. The molecule has 0 aliphatic heterocycles. The van der Waals surface area contributed by atoms with Crippen molar-refractivity contribution in [3.05, 3.63) is 79.5 Å². The molecular formula is C21H24N2O5. The molecule has 1 heterocycles. The van der Waals surface area contributed by atoms with Crippen LogP contribution in [0.4, 0.5) is 0 Å². The van der Waals surface area contributed by atoms with Crippen LogP contribution >= 0.6 is 0 Å². The fraction of sp³-hybridized carbons (Fsp3) is 0.190. The van der Waals surface area contributed by atoms with Gasteiger partial charge in [0.2, 0.25) is 0 Å². The Balaban J connectivity index is 0.000000906. The Bertz CT molecular complexity index is 904. The topological polar surface area (TPSA) is 137 Å². The number of aliphatic carboxylic acids is 2. The summed E-state index contributed by atoms with van der Waals surface area (Å²) in [5, 5.41) is 29.1. The fourth-order valence-corrected chi connectivity index (χ4v) is 2.34. The van der Waals surface area contributed by atoms with Crippen molar-refractivity contribution in [2.45, 2.75) is 24.5 Å². The first-order valence-electron chi connectivity index (χ1n) is 8.03. The number of H-pyrrole nitrogens is 1. The van der Waals surface area contributed by atoms with E-state index in [0.29, 0.717) is 5.56 Å². The third-order valence-electron chi connectivity index (χ3n) is 3.61. The first kappa shape index (κ1) is 24.4. The van der Waals surface area contributed by atoms with Gasteiger partial charge >= 0.3 is 11.9 Å². The van der Waals surface area contributed by atoms with Crippen LogP contribution in [-0.2, 0) is 16.0 Å². The molecule has 2 rings (SSSR count). The molecule has 2 unspecified atom stereocenters. The molecule has 148 valence electrons. The second-order valence-corrected chi connectivity index (χ2v) is 5.50. The predicted molar refractivity (Wildman–Crippen MR) is 108 cm³/mol. The van der Waals surface area contributed by atoms with Gasteiger partial charge in [-0.05, 0) is 30.5 Å². The number of rotatable bonds is 6. The predicted octanol–water partition coefficient (Wildman–Crippen LogP) is 2.40. The third-order valence-corrected chi connectivity index (χ3v) is 3.61. The van der Waals surface area contributed by atoms with Crippen LogP contribution in [0.3, 0.4) is 0 Å². The van der Waals surface area contributed by atoms with Gasteiger partial charge in [-0.3, -0.25) is 4.79 Å². The summed E-state index contributed by atoms with van der Waals surface area (Å²) in [4.78, 5) is 25.1. The maximum Gasteiger partial charge on any atom is 0.336 e. The van der Waals surface area contributed by atoms with E-state index in [4.69, 9.17) is 10.8 Å². The van der Waals surface area contributed by atoms with Crippen molar-refractivity contribution >= 4 is 22.8 Å². The second-order valence-electron chi connectivity index (χ2n) is 5.50. The standard InChI is InChI=1S/C14H16N2O5.C5H4.C2H4/c15-10(12(17)18)6-14(21,13(19)20)5-8-7-16-11-4-2-1-3-9(8)11;1-3-5-4-2;1-2/h1-4,7,10,16,21H,5-6,15H2,(H,17,18)(H,19,20);1-2H2;1-2H2. The van der Waals surface area contributed by atoms with Crippen molar-refractivity contribution in [3.63, 3.8) is 0 Å². The summed E-state index contributed by atoms with van der Waals surface area (Å²) in [6.07, 6.45) is 0.801. The van der Waals surface area contributed by atoms with Crippen LogP contribution in [0.5, 0.6) is 0 Å². The van der Waals surface area contributed by atoms with E-state index >= 15 is 0 Å². The lowest BCUT2D eigenvalue weighted by atomic mass is 9.88. The van der Waals surface area contributed by atoms with Crippen molar-refractivity contribution in [3.8, 4) is 0 Å². The van der Waals surface area contributed by atoms with Crippen LogP contribution in [0, 0.1) is 0 Å². The van der Waals surface area contributed by atoms with Gasteiger partial charge in [-0.2, -0.15) is 0 Å². The minimum atomic E-state index is -2.23. The van der Waals surface area contributed by atoms with Gasteiger partial charge in [-0.25, -0.2) is 4.79 Å². The molecule has 0 spiro atoms. The Morgan fingerprint density at radius 3 is 2.21 bits per heavy atom. The molecule has 7 heteroatoms. The van der Waals surface area contributed by atoms with Crippen molar-refractivity contribution in [1.29, 1.82) is 0 Å². The molecule has 28 heavy (non-hydrogen) atoms. The summed E-state index contributed by atoms with van der Waals surface area (Å²) >= 11 is 0. The first-order chi connectivity index (χ1) is 13.2. The Morgan fingerprint density at radius 2 is 1.75 bits per heavy atom. The summed E-state index contributed by atoms with van der Waals surface area (Å²) < 4.78 is 0. The molecule has 0 fully saturated rings. The maximum atomic E-state index is 11.3. The lowest BCUT2D eigenvalue weighted by Crippen LogP contribution is -2.48. The van der Waals surface area contributed by atoms with Crippen molar-refractivity contribution in [2.75, 3.05) is 0 Å². The number of aromatic nitrogens is 1. The highest BCUT2D eigenvalue weighted by Gasteiger charge is 2.40. The van der Waals surface area contributed by atoms with Crippen LogP contribution in [0.1, 0.15) is 12.0 Å². The summed E-state index contributed by atoms with van der Waals surface area (Å²) in [5.74, 6) is -2.85. The molecular weight excluding hydrogens is 360 g/mol. The number of carboxylic acids is 2. The number of benzene rings is 1. The van der Waals surface area contributed by atoms with Gasteiger partial charge in [0.1, 0.15) is 6.04 Å². The molecule has 0 radical (unpaired) electrons. The van der Waals surface area contributed by atoms with Gasteiger partial charge in [0.25, 0.3) is 0 Å². The lowest BCUT2D eigenvalue weighted by molar-refractivity contribution is -0.160. The van der Waals surface area contributed by atoms with Crippen molar-refractivity contribution in [2.24, 2.45) is 5.73 Å². The molecule has 0 aliphatic carbocycles. The number of carbonyl (C=O) groups is 2. The van der Waals surface area contributed by atoms with E-state index in [0.717, 1.165) is 10.9 Å². The molecule has 6 N–H and O–H groups in total. The van der Waals surface area contributed by atoms with Gasteiger partial charge in [-0.15, -0.1) is 13.2 Å². The number of hydrogen-bond acceptors (Lipinski definition) is 4. The van der Waals surface area contributed by atoms with Crippen molar-refractivity contribution < 1.29 is 24.9 Å². The number of aliphatic hydroxyl groups is 1. The van der Waals surface area contributed by atoms with E-state index in [2.05, 4.69) is 48.5 Å². The minimum Gasteiger partial charge on any atom is -0.480 e. The van der Waals surface area contributed by atoms with Gasteiger partial charge < -0.3 is 26.0 Å². The van der Waals surface area contributed by atoms with Crippen LogP contribution in [0.25, 0.3) is 10.9 Å². The first-order valence-corrected chi connectivity index (χ1v) is 8.03. The Hall–Kier alpha value is -3.56. The molecule has 2 atom stereocenters. The quantitative estimate of drug-likeness (QED) is 0.383. The van der Waals surface area contributed by atoms with E-state index in [1.54, 1.807) is 18.3 Å². The van der Waals surface area contributed by atoms with E-state index in [9.17, 15) is 19.8 Å². The smallest absolute Gasteiger partial charge is 0.336 e. The van der Waals surface area contributed by atoms with E-state index in [1.807, 2.05) is 12.1 Å². The zero-order chi connectivity index (χ0) is 21.7. The highest BCUT2D eigenvalue weighted by Crippen LogP contribution is 2.25. The molecule has 0 aliphatic rings. The van der Waals surface area contributed by atoms with Crippen LogP contribution in [0.2, 0.25) is 0 Å². The number of para-hydroxylation sites is 1. The lowest BCUT2D eigenvalue weighted by Gasteiger charge is -2.24. The maximum absolute atomic E-state index is 11.3. The van der Waals surface area contributed by atoms with Crippen LogP contribution in [0.15, 0.2) is 74.0 Å². The molecule has 1 aromatic carbocycles. The SMILES string of the molecule is C=C.C=C=C=C=C.NC(CC(O)(Cc1c[nH]c2ccccc12)C(=O)O)C(=O)O. The average molecular weight is 384 g/mol. The number of aromatic amines is 1. The Morgan fingerprint density at radius 1 is 1.18 bits per heavy atom. The van der Waals surface area contributed by atoms with E-state index in [1.165, 1.54) is 0 Å². The van der Waals surface area contributed by atoms with Crippen molar-refractivity contribution in [1.82, 2.24) is 4.98 Å². The molecule has 0 amide bonds. The molecule has 0 bridgehead atoms. The van der Waals surface area contributed by atoms with E-state index < -0.39 is 30.0 Å². The monoisotopic (exact) mass is 384 g/mol. The van der Waals surface area contributed by atoms with Crippen LogP contribution < -0.4 is 5.73 Å². The average Bonchev–Trinajstić information content (AvgIpc) is 3.07. The Labute approximate surface area is 163 Å². The van der Waals surface area contributed by atoms with Gasteiger partial charge in [-0.1, -0.05) is 29.7 Å². The molecule has 2 aromatic rings. The fourth-order valence-electron chi connectivity index (χ4n) is 2.34. The number of carboxylic acid groups (broad SMARTS) is 2.